The van der Waals surface area contributed by atoms with Gasteiger partial charge in [-0.25, -0.2) is 0 Å². The number of aliphatic imine (C=N–C) groups is 1. The minimum absolute atomic E-state index is 0.237. The number of nitrogens with zero attached hydrogens (tertiary/aromatic N) is 3. The fourth-order valence-electron chi connectivity index (χ4n) is 3.96. The molecule has 2 heterocycles. The highest BCUT2D eigenvalue weighted by atomic mass is 15.2. The zero-order chi connectivity index (χ0) is 18.4. The van der Waals surface area contributed by atoms with E-state index >= 15 is 0 Å². The Balaban J connectivity index is 1.52. The van der Waals surface area contributed by atoms with Crippen molar-refractivity contribution in [3.05, 3.63) is 29.8 Å². The van der Waals surface area contributed by atoms with Gasteiger partial charge >= 0.3 is 0 Å². The smallest absolute Gasteiger partial charge is 0.191 e. The SMILES string of the molecule is CN=C(NCC1CCN(C)CC1)NC(C)c1cccc(N2CCCC2)c1. The van der Waals surface area contributed by atoms with Gasteiger partial charge in [0.1, 0.15) is 0 Å². The summed E-state index contributed by atoms with van der Waals surface area (Å²) >= 11 is 0. The first kappa shape index (κ1) is 19.0. The third kappa shape index (κ3) is 5.13. The zero-order valence-electron chi connectivity index (χ0n) is 16.7. The number of piperidine rings is 1. The van der Waals surface area contributed by atoms with Crippen LogP contribution in [0, 0.1) is 5.92 Å². The standard InChI is InChI=1S/C21H35N5/c1-17(19-7-6-8-20(15-19)26-11-4-5-12-26)24-21(22-2)23-16-18-9-13-25(3)14-10-18/h6-8,15,17-18H,4-5,9-14,16H2,1-3H3,(H2,22,23,24). The molecule has 0 aromatic heterocycles. The number of anilines is 1. The second kappa shape index (κ2) is 9.26. The molecule has 1 aromatic rings. The summed E-state index contributed by atoms with van der Waals surface area (Å²) in [4.78, 5) is 9.33. The van der Waals surface area contributed by atoms with Crippen molar-refractivity contribution >= 4 is 11.6 Å². The van der Waals surface area contributed by atoms with Crippen LogP contribution in [-0.2, 0) is 0 Å². The van der Waals surface area contributed by atoms with Gasteiger partial charge in [0.25, 0.3) is 0 Å². The molecule has 5 heteroatoms. The summed E-state index contributed by atoms with van der Waals surface area (Å²) in [6, 6.07) is 9.18. The van der Waals surface area contributed by atoms with E-state index in [0.29, 0.717) is 0 Å². The summed E-state index contributed by atoms with van der Waals surface area (Å²) in [7, 11) is 4.07. The van der Waals surface area contributed by atoms with E-state index < -0.39 is 0 Å². The van der Waals surface area contributed by atoms with Gasteiger partial charge in [-0.1, -0.05) is 12.1 Å². The van der Waals surface area contributed by atoms with Crippen LogP contribution in [0.2, 0.25) is 0 Å². The van der Waals surface area contributed by atoms with Crippen molar-refractivity contribution in [2.24, 2.45) is 10.9 Å². The molecule has 1 atom stereocenters. The van der Waals surface area contributed by atoms with Gasteiger partial charge in [-0.2, -0.15) is 0 Å². The maximum Gasteiger partial charge on any atom is 0.191 e. The molecule has 1 aromatic carbocycles. The normalized spacial score (nSPS) is 21.0. The number of benzene rings is 1. The Morgan fingerprint density at radius 2 is 1.92 bits per heavy atom. The molecule has 0 amide bonds. The van der Waals surface area contributed by atoms with Gasteiger partial charge in [-0.15, -0.1) is 0 Å². The third-order valence-electron chi connectivity index (χ3n) is 5.81. The average molecular weight is 358 g/mol. The number of hydrogen-bond donors (Lipinski definition) is 2. The molecule has 0 bridgehead atoms. The van der Waals surface area contributed by atoms with Gasteiger partial charge in [-0.05, 0) is 76.4 Å². The number of rotatable bonds is 5. The Morgan fingerprint density at radius 1 is 1.19 bits per heavy atom. The van der Waals surface area contributed by atoms with Gasteiger partial charge in [0.05, 0.1) is 6.04 Å². The third-order valence-corrected chi connectivity index (χ3v) is 5.81. The first-order valence-corrected chi connectivity index (χ1v) is 10.2. The molecule has 0 aliphatic carbocycles. The van der Waals surface area contributed by atoms with Crippen molar-refractivity contribution in [2.45, 2.75) is 38.6 Å². The van der Waals surface area contributed by atoms with Crippen molar-refractivity contribution < 1.29 is 0 Å². The highest BCUT2D eigenvalue weighted by Gasteiger charge is 2.18. The Bertz CT molecular complexity index is 586. The van der Waals surface area contributed by atoms with Crippen molar-refractivity contribution in [2.75, 3.05) is 51.7 Å². The Labute approximate surface area is 158 Å². The quantitative estimate of drug-likeness (QED) is 0.628. The topological polar surface area (TPSA) is 42.9 Å². The second-order valence-corrected chi connectivity index (χ2v) is 7.85. The lowest BCUT2D eigenvalue weighted by molar-refractivity contribution is 0.220. The van der Waals surface area contributed by atoms with E-state index in [2.05, 4.69) is 63.7 Å². The predicted molar refractivity (Wildman–Crippen MR) is 111 cm³/mol. The van der Waals surface area contributed by atoms with E-state index in [9.17, 15) is 0 Å². The van der Waals surface area contributed by atoms with E-state index in [1.54, 1.807) is 0 Å². The van der Waals surface area contributed by atoms with Crippen molar-refractivity contribution in [3.63, 3.8) is 0 Å². The van der Waals surface area contributed by atoms with Crippen LogP contribution in [0.5, 0.6) is 0 Å². The number of hydrogen-bond acceptors (Lipinski definition) is 3. The monoisotopic (exact) mass is 357 g/mol. The molecule has 2 aliphatic rings. The predicted octanol–water partition coefficient (Wildman–Crippen LogP) is 2.85. The molecule has 2 N–H and O–H groups in total. The average Bonchev–Trinajstić information content (AvgIpc) is 3.21. The van der Waals surface area contributed by atoms with Gasteiger partial charge in [-0.3, -0.25) is 4.99 Å². The van der Waals surface area contributed by atoms with Crippen LogP contribution < -0.4 is 15.5 Å². The van der Waals surface area contributed by atoms with Crippen LogP contribution in [0.15, 0.2) is 29.3 Å². The minimum Gasteiger partial charge on any atom is -0.372 e. The number of guanidine groups is 1. The van der Waals surface area contributed by atoms with Crippen LogP contribution in [0.25, 0.3) is 0 Å². The fourth-order valence-corrected chi connectivity index (χ4v) is 3.96. The summed E-state index contributed by atoms with van der Waals surface area (Å²) in [6.07, 6.45) is 5.17. The lowest BCUT2D eigenvalue weighted by Crippen LogP contribution is -2.43. The van der Waals surface area contributed by atoms with Crippen molar-refractivity contribution in [1.82, 2.24) is 15.5 Å². The summed E-state index contributed by atoms with van der Waals surface area (Å²) in [5.74, 6) is 1.65. The molecule has 26 heavy (non-hydrogen) atoms. The molecule has 2 fully saturated rings. The highest BCUT2D eigenvalue weighted by Crippen LogP contribution is 2.24. The molecule has 2 aliphatic heterocycles. The summed E-state index contributed by atoms with van der Waals surface area (Å²) in [6.45, 7) is 8.01. The lowest BCUT2D eigenvalue weighted by Gasteiger charge is -2.29. The molecule has 144 valence electrons. The number of likely N-dealkylation sites (tertiary alicyclic amines) is 1. The molecular formula is C21H35N5. The first-order chi connectivity index (χ1) is 12.7. The molecule has 3 rings (SSSR count). The second-order valence-electron chi connectivity index (χ2n) is 7.85. The highest BCUT2D eigenvalue weighted by molar-refractivity contribution is 5.80. The molecule has 0 saturated carbocycles. The van der Waals surface area contributed by atoms with E-state index in [0.717, 1.165) is 18.4 Å². The van der Waals surface area contributed by atoms with Crippen molar-refractivity contribution in [3.8, 4) is 0 Å². The molecule has 2 saturated heterocycles. The lowest BCUT2D eigenvalue weighted by atomic mass is 9.97. The molecule has 1 unspecified atom stereocenters. The Morgan fingerprint density at radius 3 is 2.62 bits per heavy atom. The van der Waals surface area contributed by atoms with E-state index in [1.807, 2.05) is 7.05 Å². The number of nitrogens with one attached hydrogen (secondary N) is 2. The van der Waals surface area contributed by atoms with E-state index in [-0.39, 0.29) is 6.04 Å². The largest absolute Gasteiger partial charge is 0.372 e. The Kier molecular flexibility index (Phi) is 6.78. The van der Waals surface area contributed by atoms with Gasteiger partial charge in [0.15, 0.2) is 5.96 Å². The molecule has 5 nitrogen and oxygen atoms in total. The molecule has 0 radical (unpaired) electrons. The van der Waals surface area contributed by atoms with Gasteiger partial charge < -0.3 is 20.4 Å². The van der Waals surface area contributed by atoms with E-state index in [4.69, 9.17) is 0 Å². The van der Waals surface area contributed by atoms with Crippen LogP contribution in [-0.4, -0.2) is 57.7 Å². The van der Waals surface area contributed by atoms with Crippen LogP contribution >= 0.6 is 0 Å². The van der Waals surface area contributed by atoms with E-state index in [1.165, 1.54) is 63.1 Å². The molecule has 0 spiro atoms. The van der Waals surface area contributed by atoms with Gasteiger partial charge in [0, 0.05) is 32.4 Å². The zero-order valence-corrected chi connectivity index (χ0v) is 16.7. The van der Waals surface area contributed by atoms with Crippen LogP contribution in [0.1, 0.15) is 44.2 Å². The summed E-state index contributed by atoms with van der Waals surface area (Å²) < 4.78 is 0. The molecular weight excluding hydrogens is 322 g/mol. The maximum atomic E-state index is 4.43. The summed E-state index contributed by atoms with van der Waals surface area (Å²) in [5.41, 5.74) is 2.67. The maximum absolute atomic E-state index is 4.43. The van der Waals surface area contributed by atoms with Gasteiger partial charge in [0.2, 0.25) is 0 Å². The van der Waals surface area contributed by atoms with Crippen molar-refractivity contribution in [1.29, 1.82) is 0 Å². The first-order valence-electron chi connectivity index (χ1n) is 10.2. The Hall–Kier alpha value is -1.75. The van der Waals surface area contributed by atoms with Crippen LogP contribution in [0.3, 0.4) is 0 Å². The van der Waals surface area contributed by atoms with Crippen LogP contribution in [0.4, 0.5) is 5.69 Å². The summed E-state index contributed by atoms with van der Waals surface area (Å²) in [5, 5.41) is 7.09. The minimum atomic E-state index is 0.237. The fraction of sp³-hybridized carbons (Fsp3) is 0.667.